The van der Waals surface area contributed by atoms with Gasteiger partial charge >= 0.3 is 5.97 Å². The number of rotatable bonds is 7. The van der Waals surface area contributed by atoms with Gasteiger partial charge in [0.1, 0.15) is 6.04 Å². The molecule has 0 fully saturated rings. The first-order valence-electron chi connectivity index (χ1n) is 6.60. The second kappa shape index (κ2) is 7.98. The normalized spacial score (nSPS) is 11.8. The van der Waals surface area contributed by atoms with Crippen LogP contribution in [0.25, 0.3) is 0 Å². The second-order valence-corrected chi connectivity index (χ2v) is 5.01. The number of carbonyl (C=O) groups is 3. The maximum Gasteiger partial charge on any atom is 0.326 e. The summed E-state index contributed by atoms with van der Waals surface area (Å²) in [6.07, 6.45) is 3.25. The van der Waals surface area contributed by atoms with Gasteiger partial charge < -0.3 is 15.7 Å². The van der Waals surface area contributed by atoms with Crippen LogP contribution in [0.4, 0.5) is 0 Å². The third-order valence-electron chi connectivity index (χ3n) is 2.67. The van der Waals surface area contributed by atoms with Crippen molar-refractivity contribution in [3.63, 3.8) is 0 Å². The largest absolute Gasteiger partial charge is 0.480 e. The quantitative estimate of drug-likeness (QED) is 0.675. The summed E-state index contributed by atoms with van der Waals surface area (Å²) in [5, 5.41) is 13.8. The molecule has 21 heavy (non-hydrogen) atoms. The van der Waals surface area contributed by atoms with Gasteiger partial charge in [-0.3, -0.25) is 14.6 Å². The van der Waals surface area contributed by atoms with E-state index in [1.54, 1.807) is 12.1 Å². The minimum absolute atomic E-state index is 0.136. The predicted octanol–water partition coefficient (Wildman–Crippen LogP) is 0.427. The van der Waals surface area contributed by atoms with Crippen molar-refractivity contribution in [3.8, 4) is 0 Å². The van der Waals surface area contributed by atoms with E-state index in [-0.39, 0.29) is 12.5 Å². The summed E-state index contributed by atoms with van der Waals surface area (Å²) in [6, 6.07) is 2.23. The number of hydrogen-bond acceptors (Lipinski definition) is 4. The molecule has 0 radical (unpaired) electrons. The van der Waals surface area contributed by atoms with Gasteiger partial charge in [0.2, 0.25) is 5.91 Å². The van der Waals surface area contributed by atoms with Gasteiger partial charge in [-0.1, -0.05) is 13.8 Å². The Morgan fingerprint density at radius 2 is 2.05 bits per heavy atom. The Bertz CT molecular complexity index is 502. The van der Waals surface area contributed by atoms with Crippen LogP contribution in [0.2, 0.25) is 0 Å². The summed E-state index contributed by atoms with van der Waals surface area (Å²) < 4.78 is 0. The summed E-state index contributed by atoms with van der Waals surface area (Å²) in [4.78, 5) is 38.2. The maximum atomic E-state index is 11.7. The standard InChI is InChI=1S/C14H19N3O4/c1-9(2)6-11(14(20)21)17-12(18)8-16-13(19)10-4-3-5-15-7-10/h3-5,7,9,11H,6,8H2,1-2H3,(H,16,19)(H,17,18)(H,20,21)/t11-/m0/s1. The zero-order valence-electron chi connectivity index (χ0n) is 12.0. The molecule has 7 nitrogen and oxygen atoms in total. The zero-order valence-corrected chi connectivity index (χ0v) is 12.0. The number of pyridine rings is 1. The van der Waals surface area contributed by atoms with Gasteiger partial charge in [-0.05, 0) is 24.5 Å². The van der Waals surface area contributed by atoms with E-state index in [0.717, 1.165) is 0 Å². The molecule has 114 valence electrons. The number of aromatic nitrogens is 1. The van der Waals surface area contributed by atoms with E-state index in [2.05, 4.69) is 15.6 Å². The Morgan fingerprint density at radius 3 is 2.57 bits per heavy atom. The highest BCUT2D eigenvalue weighted by Crippen LogP contribution is 2.04. The van der Waals surface area contributed by atoms with Crippen molar-refractivity contribution < 1.29 is 19.5 Å². The summed E-state index contributed by atoms with van der Waals surface area (Å²) in [7, 11) is 0. The Balaban J connectivity index is 2.46. The van der Waals surface area contributed by atoms with Gasteiger partial charge in [0, 0.05) is 12.4 Å². The number of hydrogen-bond donors (Lipinski definition) is 3. The second-order valence-electron chi connectivity index (χ2n) is 5.01. The molecule has 0 bridgehead atoms. The first-order chi connectivity index (χ1) is 9.90. The average Bonchev–Trinajstić information content (AvgIpc) is 2.44. The van der Waals surface area contributed by atoms with Crippen LogP contribution >= 0.6 is 0 Å². The molecule has 1 aromatic heterocycles. The van der Waals surface area contributed by atoms with E-state index in [1.165, 1.54) is 12.4 Å². The lowest BCUT2D eigenvalue weighted by Gasteiger charge is -2.16. The number of carboxylic acid groups (broad SMARTS) is 1. The fourth-order valence-corrected chi connectivity index (χ4v) is 1.70. The van der Waals surface area contributed by atoms with E-state index in [9.17, 15) is 14.4 Å². The molecule has 1 atom stereocenters. The lowest BCUT2D eigenvalue weighted by molar-refractivity contribution is -0.142. The maximum absolute atomic E-state index is 11.7. The third kappa shape index (κ3) is 6.03. The molecule has 0 spiro atoms. The van der Waals surface area contributed by atoms with Crippen LogP contribution in [0, 0.1) is 5.92 Å². The van der Waals surface area contributed by atoms with Gasteiger partial charge in [0.15, 0.2) is 0 Å². The molecule has 0 unspecified atom stereocenters. The molecule has 0 aliphatic carbocycles. The fraction of sp³-hybridized carbons (Fsp3) is 0.429. The molecule has 1 rings (SSSR count). The average molecular weight is 293 g/mol. The first kappa shape index (κ1) is 16.6. The van der Waals surface area contributed by atoms with Crippen molar-refractivity contribution in [3.05, 3.63) is 30.1 Å². The van der Waals surface area contributed by atoms with Gasteiger partial charge in [-0.15, -0.1) is 0 Å². The number of aliphatic carboxylic acids is 1. The molecule has 0 aliphatic heterocycles. The van der Waals surface area contributed by atoms with E-state index >= 15 is 0 Å². The van der Waals surface area contributed by atoms with E-state index in [1.807, 2.05) is 13.8 Å². The summed E-state index contributed by atoms with van der Waals surface area (Å²) in [5.74, 6) is -1.93. The van der Waals surface area contributed by atoms with Crippen LogP contribution in [0.1, 0.15) is 30.6 Å². The Labute approximate surface area is 122 Å². The SMILES string of the molecule is CC(C)C[C@H](NC(=O)CNC(=O)c1cccnc1)C(=O)O. The van der Waals surface area contributed by atoms with Crippen molar-refractivity contribution in [2.45, 2.75) is 26.3 Å². The van der Waals surface area contributed by atoms with Crippen LogP contribution in [-0.2, 0) is 9.59 Å². The molecule has 1 heterocycles. The topological polar surface area (TPSA) is 108 Å². The molecule has 2 amide bonds. The monoisotopic (exact) mass is 293 g/mol. The minimum atomic E-state index is -1.09. The fourth-order valence-electron chi connectivity index (χ4n) is 1.70. The van der Waals surface area contributed by atoms with Crippen molar-refractivity contribution in [1.82, 2.24) is 15.6 Å². The molecule has 0 aliphatic rings. The van der Waals surface area contributed by atoms with Crippen molar-refractivity contribution in [1.29, 1.82) is 0 Å². The minimum Gasteiger partial charge on any atom is -0.480 e. The van der Waals surface area contributed by atoms with Crippen LogP contribution in [0.15, 0.2) is 24.5 Å². The number of nitrogens with zero attached hydrogens (tertiary/aromatic N) is 1. The first-order valence-corrected chi connectivity index (χ1v) is 6.60. The van der Waals surface area contributed by atoms with Gasteiger partial charge in [-0.25, -0.2) is 4.79 Å². The highest BCUT2D eigenvalue weighted by Gasteiger charge is 2.21. The van der Waals surface area contributed by atoms with Crippen LogP contribution in [-0.4, -0.2) is 40.5 Å². The molecule has 3 N–H and O–H groups in total. The molecule has 0 saturated heterocycles. The third-order valence-corrected chi connectivity index (χ3v) is 2.67. The number of carboxylic acids is 1. The van der Waals surface area contributed by atoms with Gasteiger partial charge in [0.05, 0.1) is 12.1 Å². The molecule has 0 saturated carbocycles. The van der Waals surface area contributed by atoms with Crippen LogP contribution < -0.4 is 10.6 Å². The summed E-state index contributed by atoms with van der Waals surface area (Å²) in [5.41, 5.74) is 0.335. The van der Waals surface area contributed by atoms with Crippen LogP contribution in [0.3, 0.4) is 0 Å². The Morgan fingerprint density at radius 1 is 1.33 bits per heavy atom. The van der Waals surface area contributed by atoms with E-state index in [0.29, 0.717) is 12.0 Å². The molecular weight excluding hydrogens is 274 g/mol. The number of carbonyl (C=O) groups excluding carboxylic acids is 2. The van der Waals surface area contributed by atoms with Crippen molar-refractivity contribution >= 4 is 17.8 Å². The Kier molecular flexibility index (Phi) is 6.32. The molecule has 7 heteroatoms. The molecule has 1 aromatic rings. The smallest absolute Gasteiger partial charge is 0.326 e. The summed E-state index contributed by atoms with van der Waals surface area (Å²) in [6.45, 7) is 3.45. The number of amides is 2. The van der Waals surface area contributed by atoms with Gasteiger partial charge in [-0.2, -0.15) is 0 Å². The Hall–Kier alpha value is -2.44. The highest BCUT2D eigenvalue weighted by molar-refractivity contribution is 5.96. The summed E-state index contributed by atoms with van der Waals surface area (Å²) >= 11 is 0. The van der Waals surface area contributed by atoms with Crippen LogP contribution in [0.5, 0.6) is 0 Å². The molecular formula is C14H19N3O4. The van der Waals surface area contributed by atoms with Crippen molar-refractivity contribution in [2.75, 3.05) is 6.54 Å². The van der Waals surface area contributed by atoms with Crippen molar-refractivity contribution in [2.24, 2.45) is 5.92 Å². The molecule has 0 aromatic carbocycles. The van der Waals surface area contributed by atoms with E-state index < -0.39 is 23.8 Å². The highest BCUT2D eigenvalue weighted by atomic mass is 16.4. The number of nitrogens with one attached hydrogen (secondary N) is 2. The lowest BCUT2D eigenvalue weighted by atomic mass is 10.0. The van der Waals surface area contributed by atoms with Gasteiger partial charge in [0.25, 0.3) is 5.91 Å². The van der Waals surface area contributed by atoms with E-state index in [4.69, 9.17) is 5.11 Å². The zero-order chi connectivity index (χ0) is 15.8. The predicted molar refractivity (Wildman–Crippen MR) is 75.6 cm³/mol. The lowest BCUT2D eigenvalue weighted by Crippen LogP contribution is -2.46.